The first kappa shape index (κ1) is 20.1. The van der Waals surface area contributed by atoms with Crippen molar-refractivity contribution in [3.8, 4) is 0 Å². The van der Waals surface area contributed by atoms with E-state index < -0.39 is 15.6 Å². The van der Waals surface area contributed by atoms with E-state index in [1.807, 2.05) is 0 Å². The monoisotopic (exact) mass is 336 g/mol. The third kappa shape index (κ3) is 11.9. The number of hydrogen-bond donors (Lipinski definition) is 4. The third-order valence-electron chi connectivity index (χ3n) is 3.54. The van der Waals surface area contributed by atoms with Crippen molar-refractivity contribution in [2.24, 2.45) is 0 Å². The summed E-state index contributed by atoms with van der Waals surface area (Å²) in [6.07, 6.45) is 0. The number of phosphoric acid groups is 2. The van der Waals surface area contributed by atoms with Gasteiger partial charge in [0.05, 0.1) is 14.1 Å². The molecule has 4 N–H and O–H groups in total. The molecule has 3 saturated heterocycles. The summed E-state index contributed by atoms with van der Waals surface area (Å²) in [7, 11) is -4.97. The summed E-state index contributed by atoms with van der Waals surface area (Å²) < 4.78 is 20.3. The molecule has 3 rings (SSSR count). The average Bonchev–Trinajstić information content (AvgIpc) is 2.16. The molecule has 0 atom stereocenters. The fourth-order valence-electron chi connectivity index (χ4n) is 2.12. The highest BCUT2D eigenvalue weighted by Gasteiger charge is 2.43. The van der Waals surface area contributed by atoms with E-state index >= 15 is 0 Å². The molecule has 20 heavy (non-hydrogen) atoms. The lowest BCUT2D eigenvalue weighted by molar-refractivity contribution is -1.06. The summed E-state index contributed by atoms with van der Waals surface area (Å²) >= 11 is 0. The van der Waals surface area contributed by atoms with Crippen LogP contribution in [0.2, 0.25) is 0 Å². The Labute approximate surface area is 117 Å². The molecule has 3 heterocycles. The lowest BCUT2D eigenvalue weighted by Gasteiger charge is -2.52. The molecule has 0 aromatic rings. The second kappa shape index (κ2) is 6.93. The SMILES string of the molecule is C[N+]12CC[N+](C)(CC1)CC2.O=P([O-])(O)O.O=P([O-])(O)O. The van der Waals surface area contributed by atoms with Crippen molar-refractivity contribution in [1.82, 2.24) is 0 Å². The van der Waals surface area contributed by atoms with Gasteiger partial charge < -0.3 is 38.3 Å². The van der Waals surface area contributed by atoms with E-state index in [4.69, 9.17) is 38.5 Å². The minimum Gasteiger partial charge on any atom is -0.756 e. The number of piperazine rings is 3. The molecule has 12 heteroatoms. The van der Waals surface area contributed by atoms with Crippen molar-refractivity contribution >= 4 is 15.6 Å². The molecule has 0 aliphatic carbocycles. The Kier molecular flexibility index (Phi) is 6.98. The first-order valence-corrected chi connectivity index (χ1v) is 8.88. The van der Waals surface area contributed by atoms with Gasteiger partial charge in [-0.3, -0.25) is 9.13 Å². The van der Waals surface area contributed by atoms with Crippen LogP contribution in [0.3, 0.4) is 0 Å². The van der Waals surface area contributed by atoms with Crippen molar-refractivity contribution in [3.05, 3.63) is 0 Å². The maximum absolute atomic E-state index is 8.77. The highest BCUT2D eigenvalue weighted by molar-refractivity contribution is 7.43. The van der Waals surface area contributed by atoms with Crippen LogP contribution in [0, 0.1) is 0 Å². The molecule has 0 saturated carbocycles. The largest absolute Gasteiger partial charge is 0.756 e. The average molecular weight is 336 g/mol. The standard InChI is InChI=1S/C8H18N2.2H3O4P/c1-9-3-6-10(2,7-4-9)8-5-9;2*1-5(2,3)4/h3-8H2,1-2H3;2*(H3,1,2,3,4)/q+2;;/p-2. The van der Waals surface area contributed by atoms with Crippen molar-refractivity contribution < 1.29 is 47.5 Å². The molecule has 0 amide bonds. The normalized spacial score (nSPS) is 32.6. The zero-order valence-corrected chi connectivity index (χ0v) is 13.2. The maximum atomic E-state index is 8.77. The predicted molar refractivity (Wildman–Crippen MR) is 65.7 cm³/mol. The topological polar surface area (TPSA) is 161 Å². The molecule has 0 aromatic carbocycles. The van der Waals surface area contributed by atoms with E-state index in [2.05, 4.69) is 14.1 Å². The van der Waals surface area contributed by atoms with E-state index in [0.717, 1.165) is 0 Å². The highest BCUT2D eigenvalue weighted by Crippen LogP contribution is 2.21. The molecule has 0 radical (unpaired) electrons. The van der Waals surface area contributed by atoms with Gasteiger partial charge >= 0.3 is 0 Å². The van der Waals surface area contributed by atoms with Crippen LogP contribution in [0.5, 0.6) is 0 Å². The number of nitrogens with zero attached hydrogens (tertiary/aromatic N) is 2. The van der Waals surface area contributed by atoms with Crippen LogP contribution in [-0.4, -0.2) is 81.9 Å². The molecule has 3 aliphatic heterocycles. The molecule has 0 spiro atoms. The summed E-state index contributed by atoms with van der Waals surface area (Å²) in [5, 5.41) is 0. The molecule has 3 fully saturated rings. The second-order valence-corrected chi connectivity index (χ2v) is 7.52. The van der Waals surface area contributed by atoms with Crippen molar-refractivity contribution in [1.29, 1.82) is 0 Å². The van der Waals surface area contributed by atoms with Crippen LogP contribution in [0.25, 0.3) is 0 Å². The van der Waals surface area contributed by atoms with Crippen LogP contribution < -0.4 is 9.79 Å². The number of quaternary nitrogens is 2. The van der Waals surface area contributed by atoms with E-state index in [9.17, 15) is 0 Å². The Hall–Kier alpha value is 0.140. The zero-order chi connectivity index (χ0) is 16.2. The van der Waals surface area contributed by atoms with Crippen molar-refractivity contribution in [2.75, 3.05) is 53.4 Å². The van der Waals surface area contributed by atoms with Crippen LogP contribution in [0.1, 0.15) is 0 Å². The van der Waals surface area contributed by atoms with Gasteiger partial charge in [0.25, 0.3) is 15.6 Å². The summed E-state index contributed by atoms with van der Waals surface area (Å²) in [6, 6.07) is 0. The lowest BCUT2D eigenvalue weighted by Crippen LogP contribution is -2.72. The van der Waals surface area contributed by atoms with Crippen LogP contribution in [0.15, 0.2) is 0 Å². The van der Waals surface area contributed by atoms with Crippen molar-refractivity contribution in [3.63, 3.8) is 0 Å². The van der Waals surface area contributed by atoms with Crippen LogP contribution >= 0.6 is 15.6 Å². The van der Waals surface area contributed by atoms with Gasteiger partial charge in [0.2, 0.25) is 0 Å². The molecule has 0 unspecified atom stereocenters. The van der Waals surface area contributed by atoms with Gasteiger partial charge in [0.1, 0.15) is 39.3 Å². The van der Waals surface area contributed by atoms with Crippen LogP contribution in [0.4, 0.5) is 0 Å². The molecule has 2 bridgehead atoms. The Morgan fingerprint density at radius 1 is 0.700 bits per heavy atom. The van der Waals surface area contributed by atoms with E-state index in [-0.39, 0.29) is 0 Å². The molecule has 10 nitrogen and oxygen atoms in total. The van der Waals surface area contributed by atoms with Crippen molar-refractivity contribution in [2.45, 2.75) is 0 Å². The fraction of sp³-hybridized carbons (Fsp3) is 1.00. The summed E-state index contributed by atoms with van der Waals surface area (Å²) in [5.74, 6) is 0. The van der Waals surface area contributed by atoms with Gasteiger partial charge in [-0.1, -0.05) is 0 Å². The molecular weight excluding hydrogens is 314 g/mol. The molecule has 0 aromatic heterocycles. The van der Waals surface area contributed by atoms with Gasteiger partial charge in [-0.25, -0.2) is 0 Å². The van der Waals surface area contributed by atoms with Gasteiger partial charge in [0, 0.05) is 0 Å². The number of fused-ring (bicyclic) bond motifs is 3. The lowest BCUT2D eigenvalue weighted by atomic mass is 10.1. The first-order valence-electron chi connectivity index (χ1n) is 5.82. The van der Waals surface area contributed by atoms with E-state index in [1.165, 1.54) is 48.2 Å². The summed E-state index contributed by atoms with van der Waals surface area (Å²) in [5.41, 5.74) is 0. The minimum absolute atomic E-state index is 1.36. The Morgan fingerprint density at radius 3 is 0.900 bits per heavy atom. The molecular formula is C8H22N2O8P2. The second-order valence-electron chi connectivity index (χ2n) is 5.56. The minimum atomic E-state index is -4.89. The van der Waals surface area contributed by atoms with Gasteiger partial charge in [0.15, 0.2) is 0 Å². The maximum Gasteiger partial charge on any atom is 0.262 e. The number of hydrogen-bond acceptors (Lipinski definition) is 4. The van der Waals surface area contributed by atoms with Crippen LogP contribution in [-0.2, 0) is 9.13 Å². The van der Waals surface area contributed by atoms with Gasteiger partial charge in [-0.05, 0) is 0 Å². The Morgan fingerprint density at radius 2 is 0.800 bits per heavy atom. The summed E-state index contributed by atoms with van der Waals surface area (Å²) in [4.78, 5) is 45.8. The highest BCUT2D eigenvalue weighted by atomic mass is 31.2. The van der Waals surface area contributed by atoms with Gasteiger partial charge in [-0.15, -0.1) is 0 Å². The van der Waals surface area contributed by atoms with Gasteiger partial charge in [-0.2, -0.15) is 0 Å². The Balaban J connectivity index is 0.000000310. The number of rotatable bonds is 0. The third-order valence-corrected chi connectivity index (χ3v) is 3.54. The van der Waals surface area contributed by atoms with E-state index in [0.29, 0.717) is 0 Å². The zero-order valence-electron chi connectivity index (χ0n) is 11.5. The smallest absolute Gasteiger partial charge is 0.262 e. The first-order chi connectivity index (χ1) is 8.62. The summed E-state index contributed by atoms with van der Waals surface area (Å²) in [6.45, 7) is 8.48. The molecule has 3 aliphatic rings. The molecule has 122 valence electrons. The predicted octanol–water partition coefficient (Wildman–Crippen LogP) is -3.21. The van der Waals surface area contributed by atoms with E-state index in [1.54, 1.807) is 0 Å². The fourth-order valence-corrected chi connectivity index (χ4v) is 2.12. The number of likely N-dealkylation sites (N-methyl/N-ethyl adjacent to an activating group) is 2. The quantitative estimate of drug-likeness (QED) is 0.265. The Bertz CT molecular complexity index is 326.